The van der Waals surface area contributed by atoms with Gasteiger partial charge in [0.2, 0.25) is 27.6 Å². The van der Waals surface area contributed by atoms with Crippen LogP contribution >= 0.6 is 0 Å². The molecule has 192 valence electrons. The molecule has 36 heavy (non-hydrogen) atoms. The fraction of sp³-hybridized carbons (Fsp3) is 0.423. The number of carbonyl (C=O) groups is 1. The minimum Gasteiger partial charge on any atom is -0.496 e. The summed E-state index contributed by atoms with van der Waals surface area (Å²) in [6, 6.07) is 12.6. The van der Waals surface area contributed by atoms with Gasteiger partial charge in [-0.05, 0) is 49.9 Å². The van der Waals surface area contributed by atoms with Gasteiger partial charge in [-0.2, -0.15) is 9.29 Å². The van der Waals surface area contributed by atoms with Crippen molar-refractivity contribution in [1.29, 1.82) is 0 Å². The Morgan fingerprint density at radius 2 is 1.83 bits per heavy atom. The second-order valence-corrected chi connectivity index (χ2v) is 11.0. The molecule has 0 atom stereocenters. The molecule has 1 aliphatic heterocycles. The van der Waals surface area contributed by atoms with Crippen molar-refractivity contribution in [1.82, 2.24) is 19.3 Å². The van der Waals surface area contributed by atoms with Crippen molar-refractivity contribution >= 4 is 15.9 Å². The Morgan fingerprint density at radius 1 is 1.11 bits per heavy atom. The zero-order valence-electron chi connectivity index (χ0n) is 20.9. The molecule has 0 aliphatic carbocycles. The van der Waals surface area contributed by atoms with Gasteiger partial charge in [0, 0.05) is 32.1 Å². The number of aryl methyl sites for hydroxylation is 2. The summed E-state index contributed by atoms with van der Waals surface area (Å²) in [6.45, 7) is 3.26. The zero-order valence-corrected chi connectivity index (χ0v) is 21.8. The Hall–Kier alpha value is -3.24. The second-order valence-electron chi connectivity index (χ2n) is 9.07. The summed E-state index contributed by atoms with van der Waals surface area (Å²) in [6.07, 6.45) is 3.31. The number of carbonyl (C=O) groups excluding carboxylic acids is 1. The van der Waals surface area contributed by atoms with E-state index in [9.17, 15) is 13.2 Å². The van der Waals surface area contributed by atoms with Gasteiger partial charge in [-0.25, -0.2) is 8.42 Å². The van der Waals surface area contributed by atoms with Crippen LogP contribution in [0.4, 0.5) is 0 Å². The monoisotopic (exact) mass is 512 g/mol. The molecule has 4 rings (SSSR count). The van der Waals surface area contributed by atoms with Gasteiger partial charge in [0.1, 0.15) is 5.75 Å². The van der Waals surface area contributed by atoms with Crippen LogP contribution in [0.2, 0.25) is 0 Å². The first kappa shape index (κ1) is 25.8. The lowest BCUT2D eigenvalue weighted by Gasteiger charge is -2.26. The molecule has 9 nitrogen and oxygen atoms in total. The maximum Gasteiger partial charge on any atom is 0.246 e. The highest BCUT2D eigenvalue weighted by atomic mass is 32.2. The van der Waals surface area contributed by atoms with Crippen LogP contribution in [-0.4, -0.2) is 60.9 Å². The summed E-state index contributed by atoms with van der Waals surface area (Å²) >= 11 is 0. The molecular formula is C26H32N4O5S. The number of benzene rings is 2. The first-order valence-electron chi connectivity index (χ1n) is 12.1. The van der Waals surface area contributed by atoms with Gasteiger partial charge >= 0.3 is 0 Å². The van der Waals surface area contributed by atoms with Gasteiger partial charge in [-0.3, -0.25) is 4.79 Å². The number of sulfonamides is 1. The fourth-order valence-corrected chi connectivity index (χ4v) is 5.80. The van der Waals surface area contributed by atoms with E-state index >= 15 is 0 Å². The van der Waals surface area contributed by atoms with Crippen LogP contribution in [-0.2, 0) is 27.8 Å². The largest absolute Gasteiger partial charge is 0.496 e. The standard InChI is InChI=1S/C26H32N4O5S/c1-19-7-9-20(10-8-19)26-27-24(35-28-26)18-29(2)25(31)14-11-21-17-22(12-13-23(21)34-3)36(32,33)30-15-5-4-6-16-30/h7-10,12-13,17H,4-6,11,14-16,18H2,1-3H3. The number of amides is 1. The van der Waals surface area contributed by atoms with E-state index in [-0.39, 0.29) is 23.8 Å². The third kappa shape index (κ3) is 5.93. The summed E-state index contributed by atoms with van der Waals surface area (Å²) in [5, 5.41) is 4.01. The predicted octanol–water partition coefficient (Wildman–Crippen LogP) is 3.82. The fourth-order valence-electron chi connectivity index (χ4n) is 4.23. The average Bonchev–Trinajstić information content (AvgIpc) is 3.36. The molecule has 0 bridgehead atoms. The molecule has 0 spiro atoms. The Kier molecular flexibility index (Phi) is 8.05. The van der Waals surface area contributed by atoms with Crippen molar-refractivity contribution in [2.45, 2.75) is 50.5 Å². The lowest BCUT2D eigenvalue weighted by Crippen LogP contribution is -2.35. The summed E-state index contributed by atoms with van der Waals surface area (Å²) in [7, 11) is -0.366. The van der Waals surface area contributed by atoms with E-state index in [0.717, 1.165) is 30.4 Å². The lowest BCUT2D eigenvalue weighted by atomic mass is 10.1. The summed E-state index contributed by atoms with van der Waals surface area (Å²) in [4.78, 5) is 19.0. The van der Waals surface area contributed by atoms with Crippen LogP contribution in [0.3, 0.4) is 0 Å². The topological polar surface area (TPSA) is 106 Å². The molecule has 0 radical (unpaired) electrons. The molecule has 0 unspecified atom stereocenters. The Morgan fingerprint density at radius 3 is 2.53 bits per heavy atom. The van der Waals surface area contributed by atoms with E-state index in [4.69, 9.17) is 9.26 Å². The molecular weight excluding hydrogens is 480 g/mol. The lowest BCUT2D eigenvalue weighted by molar-refractivity contribution is -0.130. The molecule has 2 aromatic carbocycles. The van der Waals surface area contributed by atoms with Crippen LogP contribution < -0.4 is 4.74 Å². The number of aromatic nitrogens is 2. The van der Waals surface area contributed by atoms with E-state index in [1.807, 2.05) is 31.2 Å². The van der Waals surface area contributed by atoms with Gasteiger partial charge in [-0.15, -0.1) is 0 Å². The number of ether oxygens (including phenoxy) is 1. The molecule has 1 aromatic heterocycles. The quantitative estimate of drug-likeness (QED) is 0.429. The van der Waals surface area contributed by atoms with Crippen molar-refractivity contribution in [3.63, 3.8) is 0 Å². The van der Waals surface area contributed by atoms with Gasteiger partial charge in [0.25, 0.3) is 0 Å². The molecule has 0 N–H and O–H groups in total. The molecule has 3 aromatic rings. The van der Waals surface area contributed by atoms with Gasteiger partial charge < -0.3 is 14.2 Å². The normalized spacial score (nSPS) is 14.5. The number of nitrogens with zero attached hydrogens (tertiary/aromatic N) is 4. The molecule has 2 heterocycles. The van der Waals surface area contributed by atoms with Crippen molar-refractivity contribution in [2.75, 3.05) is 27.2 Å². The highest BCUT2D eigenvalue weighted by molar-refractivity contribution is 7.89. The minimum atomic E-state index is -3.57. The van der Waals surface area contributed by atoms with Gasteiger partial charge in [-0.1, -0.05) is 41.4 Å². The second kappa shape index (κ2) is 11.2. The maximum atomic E-state index is 13.1. The van der Waals surface area contributed by atoms with E-state index in [2.05, 4.69) is 10.1 Å². The third-order valence-electron chi connectivity index (χ3n) is 6.39. The Balaban J connectivity index is 1.40. The molecule has 10 heteroatoms. The zero-order chi connectivity index (χ0) is 25.7. The molecule has 0 saturated carbocycles. The number of hydrogen-bond donors (Lipinski definition) is 0. The van der Waals surface area contributed by atoms with E-state index < -0.39 is 10.0 Å². The van der Waals surface area contributed by atoms with Crippen molar-refractivity contribution in [3.8, 4) is 17.1 Å². The molecule has 1 saturated heterocycles. The molecule has 1 fully saturated rings. The number of rotatable bonds is 9. The highest BCUT2D eigenvalue weighted by Crippen LogP contribution is 2.27. The van der Waals surface area contributed by atoms with Crippen LogP contribution in [0.1, 0.15) is 42.7 Å². The maximum absolute atomic E-state index is 13.1. The SMILES string of the molecule is COc1ccc(S(=O)(=O)N2CCCCC2)cc1CCC(=O)N(C)Cc1nc(-c2ccc(C)cc2)no1. The van der Waals surface area contributed by atoms with E-state index in [1.54, 1.807) is 25.2 Å². The number of methoxy groups -OCH3 is 1. The van der Waals surface area contributed by atoms with Gasteiger partial charge in [0.05, 0.1) is 18.6 Å². The summed E-state index contributed by atoms with van der Waals surface area (Å²) < 4.78 is 38.5. The number of piperidine rings is 1. The van der Waals surface area contributed by atoms with Crippen LogP contribution in [0, 0.1) is 6.92 Å². The minimum absolute atomic E-state index is 0.128. The number of hydrogen-bond acceptors (Lipinski definition) is 7. The van der Waals surface area contributed by atoms with Crippen LogP contribution in [0.5, 0.6) is 5.75 Å². The van der Waals surface area contributed by atoms with Crippen LogP contribution in [0.25, 0.3) is 11.4 Å². The third-order valence-corrected chi connectivity index (χ3v) is 8.28. The van der Waals surface area contributed by atoms with Crippen molar-refractivity contribution in [3.05, 3.63) is 59.5 Å². The Labute approximate surface area is 212 Å². The Bertz CT molecular complexity index is 1300. The average molecular weight is 513 g/mol. The first-order chi connectivity index (χ1) is 17.3. The predicted molar refractivity (Wildman–Crippen MR) is 135 cm³/mol. The van der Waals surface area contributed by atoms with Gasteiger partial charge in [0.15, 0.2) is 0 Å². The van der Waals surface area contributed by atoms with E-state index in [0.29, 0.717) is 42.5 Å². The molecule has 1 aliphatic rings. The van der Waals surface area contributed by atoms with Crippen LogP contribution in [0.15, 0.2) is 51.9 Å². The van der Waals surface area contributed by atoms with Crippen molar-refractivity contribution in [2.24, 2.45) is 0 Å². The summed E-state index contributed by atoms with van der Waals surface area (Å²) in [5.74, 6) is 1.25. The summed E-state index contributed by atoms with van der Waals surface area (Å²) in [5.41, 5.74) is 2.66. The van der Waals surface area contributed by atoms with Crippen molar-refractivity contribution < 1.29 is 22.5 Å². The smallest absolute Gasteiger partial charge is 0.246 e. The first-order valence-corrected chi connectivity index (χ1v) is 13.5. The highest BCUT2D eigenvalue weighted by Gasteiger charge is 2.27. The van der Waals surface area contributed by atoms with E-state index in [1.165, 1.54) is 16.3 Å². The molecule has 1 amide bonds.